The van der Waals surface area contributed by atoms with Crippen LogP contribution in [0.4, 0.5) is 0 Å². The van der Waals surface area contributed by atoms with Crippen LogP contribution in [0.2, 0.25) is 0 Å². The average Bonchev–Trinajstić information content (AvgIpc) is 2.39. The maximum atomic E-state index is 11.1. The topological polar surface area (TPSA) is 41.1 Å². The number of benzene rings is 1. The highest BCUT2D eigenvalue weighted by Gasteiger charge is 2.18. The lowest BCUT2D eigenvalue weighted by Crippen LogP contribution is -2.48. The lowest BCUT2D eigenvalue weighted by atomic mass is 10.0. The summed E-state index contributed by atoms with van der Waals surface area (Å²) in [5.74, 6) is 0.186. The van der Waals surface area contributed by atoms with Gasteiger partial charge in [0, 0.05) is 25.0 Å². The third kappa shape index (κ3) is 4.67. The van der Waals surface area contributed by atoms with Crippen LogP contribution in [0.3, 0.4) is 0 Å². The van der Waals surface area contributed by atoms with Gasteiger partial charge in [0.1, 0.15) is 0 Å². The largest absolute Gasteiger partial charge is 0.355 e. The Hall–Kier alpha value is -1.35. The van der Waals surface area contributed by atoms with E-state index in [0.717, 1.165) is 25.8 Å². The second-order valence-electron chi connectivity index (χ2n) is 5.64. The molecule has 1 amide bonds. The summed E-state index contributed by atoms with van der Waals surface area (Å²) in [5.41, 5.74) is 2.73. The highest BCUT2D eigenvalue weighted by molar-refractivity contribution is 5.76. The van der Waals surface area contributed by atoms with E-state index in [-0.39, 0.29) is 5.91 Å². The van der Waals surface area contributed by atoms with Gasteiger partial charge in [-0.25, -0.2) is 0 Å². The smallest absolute Gasteiger partial charge is 0.220 e. The molecule has 1 aliphatic heterocycles. The van der Waals surface area contributed by atoms with E-state index in [2.05, 4.69) is 48.7 Å². The molecule has 1 heterocycles. The predicted molar refractivity (Wildman–Crippen MR) is 78.1 cm³/mol. The summed E-state index contributed by atoms with van der Waals surface area (Å²) >= 11 is 0. The van der Waals surface area contributed by atoms with Crippen molar-refractivity contribution in [1.29, 1.82) is 0 Å². The zero-order valence-corrected chi connectivity index (χ0v) is 11.9. The van der Waals surface area contributed by atoms with Crippen LogP contribution in [0.15, 0.2) is 24.3 Å². The first-order chi connectivity index (χ1) is 9.13. The Morgan fingerprint density at radius 1 is 1.47 bits per heavy atom. The molecule has 3 nitrogen and oxygen atoms in total. The standard InChI is InChI=1S/C16H24N2O/c1-12-4-3-5-14(10-12)7-6-13(2)18-15-8-9-16(19)17-11-15/h3-5,10,13,15,18H,6-9,11H2,1-2H3,(H,17,19). The van der Waals surface area contributed by atoms with Crippen LogP contribution in [0.25, 0.3) is 0 Å². The highest BCUT2D eigenvalue weighted by atomic mass is 16.1. The number of aryl methyl sites for hydroxylation is 2. The Morgan fingerprint density at radius 2 is 2.32 bits per heavy atom. The molecule has 0 aromatic heterocycles. The van der Waals surface area contributed by atoms with E-state index < -0.39 is 0 Å². The van der Waals surface area contributed by atoms with Gasteiger partial charge in [-0.1, -0.05) is 29.8 Å². The van der Waals surface area contributed by atoms with Crippen LogP contribution in [0.5, 0.6) is 0 Å². The van der Waals surface area contributed by atoms with E-state index in [0.29, 0.717) is 18.5 Å². The first-order valence-corrected chi connectivity index (χ1v) is 7.22. The SMILES string of the molecule is Cc1cccc(CCC(C)NC2CCC(=O)NC2)c1. The van der Waals surface area contributed by atoms with Gasteiger partial charge in [-0.3, -0.25) is 4.79 Å². The minimum Gasteiger partial charge on any atom is -0.355 e. The number of rotatable bonds is 5. The number of carbonyl (C=O) groups excluding carboxylic acids is 1. The summed E-state index contributed by atoms with van der Waals surface area (Å²) in [6, 6.07) is 9.63. The Balaban J connectivity index is 1.72. The second kappa shape index (κ2) is 6.71. The molecule has 19 heavy (non-hydrogen) atoms. The molecule has 1 aliphatic rings. The molecule has 0 saturated carbocycles. The fourth-order valence-corrected chi connectivity index (χ4v) is 2.61. The molecule has 1 aromatic rings. The molecular formula is C16H24N2O. The maximum Gasteiger partial charge on any atom is 0.220 e. The highest BCUT2D eigenvalue weighted by Crippen LogP contribution is 2.10. The Bertz CT molecular complexity index is 421. The number of nitrogens with one attached hydrogen (secondary N) is 2. The zero-order valence-electron chi connectivity index (χ0n) is 11.9. The molecule has 2 atom stereocenters. The number of amides is 1. The summed E-state index contributed by atoms with van der Waals surface area (Å²) < 4.78 is 0. The minimum atomic E-state index is 0.186. The van der Waals surface area contributed by atoms with Gasteiger partial charge in [-0.05, 0) is 38.7 Å². The molecule has 104 valence electrons. The van der Waals surface area contributed by atoms with Crippen molar-refractivity contribution in [3.05, 3.63) is 35.4 Å². The number of piperidine rings is 1. The van der Waals surface area contributed by atoms with Gasteiger partial charge in [0.15, 0.2) is 0 Å². The minimum absolute atomic E-state index is 0.186. The number of carbonyl (C=O) groups is 1. The van der Waals surface area contributed by atoms with Crippen molar-refractivity contribution in [2.75, 3.05) is 6.54 Å². The maximum absolute atomic E-state index is 11.1. The molecule has 1 aromatic carbocycles. The van der Waals surface area contributed by atoms with Crippen molar-refractivity contribution < 1.29 is 4.79 Å². The summed E-state index contributed by atoms with van der Waals surface area (Å²) in [6.07, 6.45) is 3.85. The first-order valence-electron chi connectivity index (χ1n) is 7.22. The molecule has 2 rings (SSSR count). The monoisotopic (exact) mass is 260 g/mol. The molecule has 0 spiro atoms. The predicted octanol–water partition coefficient (Wildman–Crippen LogP) is 2.18. The molecule has 1 fully saturated rings. The summed E-state index contributed by atoms with van der Waals surface area (Å²) in [5, 5.41) is 6.53. The van der Waals surface area contributed by atoms with Crippen LogP contribution in [0.1, 0.15) is 37.3 Å². The van der Waals surface area contributed by atoms with Crippen molar-refractivity contribution in [2.24, 2.45) is 0 Å². The summed E-state index contributed by atoms with van der Waals surface area (Å²) in [6.45, 7) is 5.13. The van der Waals surface area contributed by atoms with E-state index in [9.17, 15) is 4.79 Å². The number of hydrogen-bond acceptors (Lipinski definition) is 2. The van der Waals surface area contributed by atoms with Crippen LogP contribution in [-0.4, -0.2) is 24.5 Å². The second-order valence-corrected chi connectivity index (χ2v) is 5.64. The molecule has 0 aliphatic carbocycles. The van der Waals surface area contributed by atoms with Gasteiger partial charge in [0.25, 0.3) is 0 Å². The summed E-state index contributed by atoms with van der Waals surface area (Å²) in [7, 11) is 0. The molecule has 0 radical (unpaired) electrons. The fraction of sp³-hybridized carbons (Fsp3) is 0.562. The Kier molecular flexibility index (Phi) is 4.97. The van der Waals surface area contributed by atoms with Crippen LogP contribution in [-0.2, 0) is 11.2 Å². The molecule has 2 N–H and O–H groups in total. The normalized spacial score (nSPS) is 20.9. The van der Waals surface area contributed by atoms with Crippen molar-refractivity contribution in [1.82, 2.24) is 10.6 Å². The lowest BCUT2D eigenvalue weighted by molar-refractivity contribution is -0.122. The molecule has 1 saturated heterocycles. The van der Waals surface area contributed by atoms with Crippen molar-refractivity contribution in [3.8, 4) is 0 Å². The van der Waals surface area contributed by atoms with Gasteiger partial charge in [0.2, 0.25) is 5.91 Å². The first kappa shape index (κ1) is 14.1. The summed E-state index contributed by atoms with van der Waals surface area (Å²) in [4.78, 5) is 11.1. The van der Waals surface area contributed by atoms with E-state index in [1.165, 1.54) is 11.1 Å². The van der Waals surface area contributed by atoms with Gasteiger partial charge in [-0.15, -0.1) is 0 Å². The molecule has 0 bridgehead atoms. The third-order valence-electron chi connectivity index (χ3n) is 3.73. The van der Waals surface area contributed by atoms with Gasteiger partial charge in [0.05, 0.1) is 0 Å². The van der Waals surface area contributed by atoms with Gasteiger partial charge < -0.3 is 10.6 Å². The van der Waals surface area contributed by atoms with Crippen LogP contribution < -0.4 is 10.6 Å². The van der Waals surface area contributed by atoms with Crippen molar-refractivity contribution in [2.45, 2.75) is 51.6 Å². The quantitative estimate of drug-likeness (QED) is 0.852. The number of hydrogen-bond donors (Lipinski definition) is 2. The van der Waals surface area contributed by atoms with Gasteiger partial charge in [-0.2, -0.15) is 0 Å². The van der Waals surface area contributed by atoms with E-state index in [1.54, 1.807) is 0 Å². The fourth-order valence-electron chi connectivity index (χ4n) is 2.61. The molecule has 3 heteroatoms. The molecular weight excluding hydrogens is 236 g/mol. The Morgan fingerprint density at radius 3 is 3.00 bits per heavy atom. The van der Waals surface area contributed by atoms with Crippen LogP contribution >= 0.6 is 0 Å². The van der Waals surface area contributed by atoms with E-state index in [4.69, 9.17) is 0 Å². The van der Waals surface area contributed by atoms with Gasteiger partial charge >= 0.3 is 0 Å². The molecule has 2 unspecified atom stereocenters. The van der Waals surface area contributed by atoms with Crippen molar-refractivity contribution >= 4 is 5.91 Å². The van der Waals surface area contributed by atoms with Crippen LogP contribution in [0, 0.1) is 6.92 Å². The van der Waals surface area contributed by atoms with E-state index >= 15 is 0 Å². The average molecular weight is 260 g/mol. The Labute approximate surface area is 115 Å². The van der Waals surface area contributed by atoms with Crippen molar-refractivity contribution in [3.63, 3.8) is 0 Å². The van der Waals surface area contributed by atoms with E-state index in [1.807, 2.05) is 0 Å². The zero-order chi connectivity index (χ0) is 13.7. The third-order valence-corrected chi connectivity index (χ3v) is 3.73. The lowest BCUT2D eigenvalue weighted by Gasteiger charge is -2.27.